The lowest BCUT2D eigenvalue weighted by Crippen LogP contribution is -2.37. The Bertz CT molecular complexity index is 994. The highest BCUT2D eigenvalue weighted by molar-refractivity contribution is 6.38. The third-order valence-corrected chi connectivity index (χ3v) is 6.83. The van der Waals surface area contributed by atoms with Crippen LogP contribution in [0.1, 0.15) is 64.9 Å². The molecule has 1 aromatic rings. The number of ether oxygens (including phenoxy) is 1. The molecule has 1 saturated heterocycles. The summed E-state index contributed by atoms with van der Waals surface area (Å²) in [6.07, 6.45) is 7.73. The van der Waals surface area contributed by atoms with Gasteiger partial charge in [0.1, 0.15) is 12.1 Å². The van der Waals surface area contributed by atoms with Gasteiger partial charge in [0.15, 0.2) is 5.82 Å². The minimum atomic E-state index is -0.182. The molecule has 1 N–H and O–H groups in total. The lowest BCUT2D eigenvalue weighted by Gasteiger charge is -2.22. The van der Waals surface area contributed by atoms with Crippen LogP contribution in [-0.4, -0.2) is 75.0 Å². The normalized spacial score (nSPS) is 20.3. The summed E-state index contributed by atoms with van der Waals surface area (Å²) in [5.41, 5.74) is 3.59. The molecule has 2 aliphatic heterocycles. The molecule has 2 unspecified atom stereocenters. The fourth-order valence-corrected chi connectivity index (χ4v) is 4.85. The Kier molecular flexibility index (Phi) is 10.8. The molecule has 3 rings (SSSR count). The van der Waals surface area contributed by atoms with Crippen LogP contribution < -0.4 is 10.2 Å². The van der Waals surface area contributed by atoms with Gasteiger partial charge in [0.2, 0.25) is 0 Å². The van der Waals surface area contributed by atoms with Crippen molar-refractivity contribution in [3.63, 3.8) is 0 Å². The third kappa shape index (κ3) is 7.58. The molecule has 36 heavy (non-hydrogen) atoms. The quantitative estimate of drug-likeness (QED) is 0.345. The van der Waals surface area contributed by atoms with Crippen molar-refractivity contribution in [2.75, 3.05) is 44.8 Å². The summed E-state index contributed by atoms with van der Waals surface area (Å²) in [6, 6.07) is 8.57. The van der Waals surface area contributed by atoms with E-state index in [0.717, 1.165) is 37.4 Å². The monoisotopic (exact) mass is 494 g/mol. The number of para-hydroxylation sites is 1. The summed E-state index contributed by atoms with van der Waals surface area (Å²) in [5.74, 6) is 0.957. The first-order valence-electron chi connectivity index (χ1n) is 13.1. The number of allylic oxidation sites excluding steroid dienone is 1. The highest BCUT2D eigenvalue weighted by Gasteiger charge is 2.31. The maximum Gasteiger partial charge on any atom is 0.265 e. The first kappa shape index (κ1) is 27.7. The number of benzene rings is 1. The molecule has 1 aromatic carbocycles. The summed E-state index contributed by atoms with van der Waals surface area (Å²) in [5, 5.41) is 2.99. The second-order valence-electron chi connectivity index (χ2n) is 9.62. The maximum atomic E-state index is 12.7. The second-order valence-corrected chi connectivity index (χ2v) is 9.62. The number of likely N-dealkylation sites (tertiary alicyclic amines) is 1. The van der Waals surface area contributed by atoms with E-state index in [1.54, 1.807) is 26.6 Å². The Labute approximate surface area is 216 Å². The van der Waals surface area contributed by atoms with Crippen molar-refractivity contribution in [2.45, 2.75) is 65.3 Å². The van der Waals surface area contributed by atoms with Crippen LogP contribution in [0.3, 0.4) is 0 Å². The van der Waals surface area contributed by atoms with Gasteiger partial charge in [-0.15, -0.1) is 0 Å². The number of nitrogens with zero attached hydrogens (tertiary/aromatic N) is 5. The van der Waals surface area contributed by atoms with E-state index in [2.05, 4.69) is 49.4 Å². The van der Waals surface area contributed by atoms with E-state index >= 15 is 0 Å². The molecule has 8 heteroatoms. The second kappa shape index (κ2) is 14.0. The van der Waals surface area contributed by atoms with Crippen molar-refractivity contribution < 1.29 is 9.53 Å². The highest BCUT2D eigenvalue weighted by Crippen LogP contribution is 2.41. The van der Waals surface area contributed by atoms with Gasteiger partial charge in [0.05, 0.1) is 5.70 Å². The lowest BCUT2D eigenvalue weighted by molar-refractivity contribution is -0.115. The molecule has 0 aliphatic carbocycles. The SMILES string of the molecule is CC=NC=N/C(=C(\C)N=C(C)C(=O)NC(C)CCOC)N1CC(CCN2CCCC2)c2ccccc21. The zero-order chi connectivity index (χ0) is 25.9. The van der Waals surface area contributed by atoms with Crippen LogP contribution in [0.2, 0.25) is 0 Å². The summed E-state index contributed by atoms with van der Waals surface area (Å²) in [4.78, 5) is 31.1. The average Bonchev–Trinajstić information content (AvgIpc) is 3.52. The van der Waals surface area contributed by atoms with Crippen molar-refractivity contribution in [3.8, 4) is 0 Å². The first-order valence-corrected chi connectivity index (χ1v) is 13.1. The number of nitrogens with one attached hydrogen (secondary N) is 1. The molecule has 1 fully saturated rings. The number of rotatable bonds is 12. The Balaban J connectivity index is 1.85. The van der Waals surface area contributed by atoms with E-state index in [1.165, 1.54) is 31.5 Å². The van der Waals surface area contributed by atoms with Crippen LogP contribution in [-0.2, 0) is 9.53 Å². The fraction of sp³-hybridized carbons (Fsp3) is 0.571. The third-order valence-electron chi connectivity index (χ3n) is 6.83. The molecule has 2 atom stereocenters. The summed E-state index contributed by atoms with van der Waals surface area (Å²) in [7, 11) is 1.66. The van der Waals surface area contributed by atoms with E-state index < -0.39 is 0 Å². The number of amides is 1. The molecule has 0 saturated carbocycles. The molecule has 0 aromatic heterocycles. The largest absolute Gasteiger partial charge is 0.385 e. The number of carbonyl (C=O) groups excluding carboxylic acids is 1. The number of fused-ring (bicyclic) bond motifs is 1. The van der Waals surface area contributed by atoms with Gasteiger partial charge in [-0.2, -0.15) is 0 Å². The molecule has 0 radical (unpaired) electrons. The van der Waals surface area contributed by atoms with E-state index in [0.29, 0.717) is 23.9 Å². The van der Waals surface area contributed by atoms with Crippen molar-refractivity contribution >= 4 is 29.9 Å². The highest BCUT2D eigenvalue weighted by atomic mass is 16.5. The molecule has 196 valence electrons. The van der Waals surface area contributed by atoms with E-state index in [-0.39, 0.29) is 11.9 Å². The van der Waals surface area contributed by atoms with Gasteiger partial charge in [-0.3, -0.25) is 4.79 Å². The maximum absolute atomic E-state index is 12.7. The minimum Gasteiger partial charge on any atom is -0.385 e. The van der Waals surface area contributed by atoms with Crippen LogP contribution in [0, 0.1) is 0 Å². The average molecular weight is 495 g/mol. The number of carbonyl (C=O) groups is 1. The van der Waals surface area contributed by atoms with E-state index in [4.69, 9.17) is 9.73 Å². The number of hydrogen-bond donors (Lipinski definition) is 1. The van der Waals surface area contributed by atoms with E-state index in [1.807, 2.05) is 20.8 Å². The lowest BCUT2D eigenvalue weighted by atomic mass is 9.98. The Morgan fingerprint density at radius 1 is 1.25 bits per heavy atom. The van der Waals surface area contributed by atoms with Crippen LogP contribution in [0.15, 0.2) is 50.8 Å². The number of hydrogen-bond acceptors (Lipinski definition) is 6. The van der Waals surface area contributed by atoms with Crippen LogP contribution in [0.25, 0.3) is 0 Å². The van der Waals surface area contributed by atoms with Crippen molar-refractivity contribution in [1.29, 1.82) is 0 Å². The topological polar surface area (TPSA) is 81.9 Å². The molecule has 0 spiro atoms. The molecular weight excluding hydrogens is 452 g/mol. The van der Waals surface area contributed by atoms with Gasteiger partial charge in [-0.05, 0) is 84.6 Å². The Hall–Kier alpha value is -2.84. The van der Waals surface area contributed by atoms with Gasteiger partial charge in [0.25, 0.3) is 5.91 Å². The predicted molar refractivity (Wildman–Crippen MR) is 149 cm³/mol. The van der Waals surface area contributed by atoms with Gasteiger partial charge < -0.3 is 19.9 Å². The smallest absolute Gasteiger partial charge is 0.265 e. The zero-order valence-corrected chi connectivity index (χ0v) is 22.5. The van der Waals surface area contributed by atoms with Crippen LogP contribution in [0.5, 0.6) is 0 Å². The Morgan fingerprint density at radius 2 is 2.00 bits per heavy atom. The Morgan fingerprint density at radius 3 is 2.72 bits per heavy atom. The standard InChI is InChI=1S/C28H42N6O2/c1-6-29-20-30-27(22(3)32-23(4)28(35)31-21(2)14-18-36-5)34-19-24(13-17-33-15-9-10-16-33)25-11-7-8-12-26(25)34/h6-8,11-12,20-21,24H,9-10,13-19H2,1-5H3,(H,31,35)/b27-22-,29-6?,30-20?,32-23?. The van der Waals surface area contributed by atoms with Gasteiger partial charge in [-0.25, -0.2) is 15.0 Å². The number of methoxy groups -OCH3 is 1. The minimum absolute atomic E-state index is 0.00472. The van der Waals surface area contributed by atoms with Crippen LogP contribution >= 0.6 is 0 Å². The molecule has 8 nitrogen and oxygen atoms in total. The van der Waals surface area contributed by atoms with Gasteiger partial charge in [-0.1, -0.05) is 18.2 Å². The molecular formula is C28H42N6O2. The summed E-state index contributed by atoms with van der Waals surface area (Å²) in [6.45, 7) is 12.4. The van der Waals surface area contributed by atoms with E-state index in [9.17, 15) is 4.79 Å². The van der Waals surface area contributed by atoms with Crippen molar-refractivity contribution in [3.05, 3.63) is 41.3 Å². The summed E-state index contributed by atoms with van der Waals surface area (Å²) >= 11 is 0. The fourth-order valence-electron chi connectivity index (χ4n) is 4.85. The first-order chi connectivity index (χ1) is 17.4. The zero-order valence-electron chi connectivity index (χ0n) is 22.5. The molecule has 2 heterocycles. The molecule has 0 bridgehead atoms. The number of aliphatic imine (C=N–C) groups is 3. The van der Waals surface area contributed by atoms with Gasteiger partial charge >= 0.3 is 0 Å². The van der Waals surface area contributed by atoms with Gasteiger partial charge in [0, 0.05) is 44.1 Å². The van der Waals surface area contributed by atoms with Crippen LogP contribution in [0.4, 0.5) is 5.69 Å². The number of anilines is 1. The predicted octanol–water partition coefficient (Wildman–Crippen LogP) is 4.39. The molecule has 2 aliphatic rings. The summed E-state index contributed by atoms with van der Waals surface area (Å²) < 4.78 is 5.11. The van der Waals surface area contributed by atoms with Crippen molar-refractivity contribution in [2.24, 2.45) is 15.0 Å². The van der Waals surface area contributed by atoms with Crippen molar-refractivity contribution in [1.82, 2.24) is 10.2 Å². The molecule has 1 amide bonds.